The molecule has 0 aromatic rings. The number of aliphatic hydroxyl groups excluding tert-OH is 8. The lowest BCUT2D eigenvalue weighted by Gasteiger charge is -2.64. The van der Waals surface area contributed by atoms with Crippen molar-refractivity contribution in [3.05, 3.63) is 0 Å². The standard InChI is InChI=1S/C41H68O13/c1-20(23-9-11-36(2,3)54-23)28-21(43)15-39(6)26-8-7-25-37(4,19-51-35-33(49)31(47)30(46)24(16-42)52-35)27(53-34-32(48)29(45)22(44)17-50-34)10-12-40(25)18-41(26,40)14-13-38(28,39)5/h20-35,42-49H,7-19H2,1-6H3/t20-,21+,22+,23+,24-,25+,26+,27+,28+,29+,30-,31+,32-,33-,34+,35-,37+,38-,39+,40-,41+/m1/s1. The molecule has 13 nitrogen and oxygen atoms in total. The second kappa shape index (κ2) is 13.5. The van der Waals surface area contributed by atoms with Gasteiger partial charge in [-0.05, 0) is 123 Å². The topological polar surface area (TPSA) is 208 Å². The van der Waals surface area contributed by atoms with Crippen LogP contribution in [0.2, 0.25) is 0 Å². The average molecular weight is 769 g/mol. The molecule has 0 unspecified atom stereocenters. The maximum absolute atomic E-state index is 12.0. The van der Waals surface area contributed by atoms with Crippen LogP contribution in [-0.4, -0.2) is 140 Å². The highest BCUT2D eigenvalue weighted by molar-refractivity contribution is 5.31. The average Bonchev–Trinajstić information content (AvgIpc) is 3.56. The summed E-state index contributed by atoms with van der Waals surface area (Å²) in [5.41, 5.74) is -0.848. The molecule has 5 aliphatic carbocycles. The van der Waals surface area contributed by atoms with Gasteiger partial charge >= 0.3 is 0 Å². The van der Waals surface area contributed by atoms with Crippen LogP contribution in [0.25, 0.3) is 0 Å². The summed E-state index contributed by atoms with van der Waals surface area (Å²) in [6, 6.07) is 0. The van der Waals surface area contributed by atoms with Gasteiger partial charge in [-0.2, -0.15) is 0 Å². The van der Waals surface area contributed by atoms with Crippen molar-refractivity contribution in [2.45, 2.75) is 185 Å². The Balaban J connectivity index is 1.07. The predicted octanol–water partition coefficient (Wildman–Crippen LogP) is 1.61. The van der Waals surface area contributed by atoms with Crippen molar-refractivity contribution < 1.29 is 64.5 Å². The summed E-state index contributed by atoms with van der Waals surface area (Å²) in [4.78, 5) is 0. The zero-order valence-corrected chi connectivity index (χ0v) is 33.0. The first-order valence-corrected chi connectivity index (χ1v) is 20.9. The highest BCUT2D eigenvalue weighted by atomic mass is 16.7. The Morgan fingerprint density at radius 1 is 0.704 bits per heavy atom. The van der Waals surface area contributed by atoms with Crippen LogP contribution >= 0.6 is 0 Å². The lowest BCUT2D eigenvalue weighted by atomic mass is 9.41. The van der Waals surface area contributed by atoms with Crippen molar-refractivity contribution >= 4 is 0 Å². The van der Waals surface area contributed by atoms with Gasteiger partial charge in [0.1, 0.15) is 42.7 Å². The van der Waals surface area contributed by atoms with Gasteiger partial charge in [0, 0.05) is 5.41 Å². The Kier molecular flexibility index (Phi) is 10.1. The lowest BCUT2D eigenvalue weighted by Crippen LogP contribution is -2.62. The zero-order valence-electron chi connectivity index (χ0n) is 33.0. The molecule has 54 heavy (non-hydrogen) atoms. The van der Waals surface area contributed by atoms with Gasteiger partial charge in [0.15, 0.2) is 12.6 Å². The highest BCUT2D eigenvalue weighted by Crippen LogP contribution is 2.89. The molecule has 0 amide bonds. The molecule has 0 aromatic carbocycles. The minimum atomic E-state index is -1.57. The van der Waals surface area contributed by atoms with Crippen molar-refractivity contribution in [2.75, 3.05) is 19.8 Å². The number of aliphatic hydroxyl groups is 8. The van der Waals surface area contributed by atoms with E-state index in [4.69, 9.17) is 23.7 Å². The van der Waals surface area contributed by atoms with Crippen LogP contribution in [0.4, 0.5) is 0 Å². The molecule has 3 saturated heterocycles. The van der Waals surface area contributed by atoms with Gasteiger partial charge in [-0.25, -0.2) is 0 Å². The molecule has 2 spiro atoms. The number of ether oxygens (including phenoxy) is 5. The van der Waals surface area contributed by atoms with Gasteiger partial charge in [0.05, 0.1) is 43.7 Å². The van der Waals surface area contributed by atoms with Gasteiger partial charge in [-0.1, -0.05) is 27.7 Å². The molecule has 3 aliphatic heterocycles. The largest absolute Gasteiger partial charge is 0.394 e. The van der Waals surface area contributed by atoms with E-state index in [1.807, 2.05) is 0 Å². The third-order valence-electron chi connectivity index (χ3n) is 17.7. The molecule has 8 aliphatic rings. The molecule has 13 heteroatoms. The minimum absolute atomic E-state index is 0.0113. The first kappa shape index (κ1) is 40.3. The van der Waals surface area contributed by atoms with E-state index in [2.05, 4.69) is 41.5 Å². The molecule has 8 N–H and O–H groups in total. The smallest absolute Gasteiger partial charge is 0.186 e. The van der Waals surface area contributed by atoms with Crippen LogP contribution in [0.1, 0.15) is 106 Å². The maximum atomic E-state index is 12.0. The minimum Gasteiger partial charge on any atom is -0.394 e. The van der Waals surface area contributed by atoms with Crippen LogP contribution in [0.3, 0.4) is 0 Å². The van der Waals surface area contributed by atoms with E-state index in [1.165, 1.54) is 0 Å². The molecule has 21 atom stereocenters. The summed E-state index contributed by atoms with van der Waals surface area (Å²) in [6.45, 7) is 13.0. The molecule has 0 radical (unpaired) electrons. The van der Waals surface area contributed by atoms with Crippen LogP contribution in [0, 0.1) is 50.7 Å². The third-order valence-corrected chi connectivity index (χ3v) is 17.7. The number of hydrogen-bond acceptors (Lipinski definition) is 13. The van der Waals surface area contributed by atoms with E-state index >= 15 is 0 Å². The van der Waals surface area contributed by atoms with Gasteiger partial charge in [-0.15, -0.1) is 0 Å². The van der Waals surface area contributed by atoms with E-state index in [-0.39, 0.29) is 70.4 Å². The van der Waals surface area contributed by atoms with E-state index in [1.54, 1.807) is 0 Å². The van der Waals surface area contributed by atoms with E-state index < -0.39 is 73.4 Å². The summed E-state index contributed by atoms with van der Waals surface area (Å²) < 4.78 is 31.1. The van der Waals surface area contributed by atoms with E-state index in [0.29, 0.717) is 12.3 Å². The number of hydrogen-bond donors (Lipinski definition) is 8. The molecular weight excluding hydrogens is 700 g/mol. The fourth-order valence-electron chi connectivity index (χ4n) is 14.8. The van der Waals surface area contributed by atoms with Crippen LogP contribution < -0.4 is 0 Å². The van der Waals surface area contributed by atoms with Gasteiger partial charge in [-0.3, -0.25) is 0 Å². The number of rotatable bonds is 8. The summed E-state index contributed by atoms with van der Waals surface area (Å²) >= 11 is 0. The Morgan fingerprint density at radius 3 is 2.07 bits per heavy atom. The normalized spacial score (nSPS) is 58.4. The molecule has 0 bridgehead atoms. The Labute approximate surface area is 319 Å². The molecule has 8 fully saturated rings. The SMILES string of the molecule is C[C@@H]([C@H]1[C@@H](O)C[C@@]2(C)[C@@H]3CC[C@H]4[C@](C)(CO[C@@H]5O[C@H](CO)[C@@H](O)[C@H](O)[C@H]5O)[C@@H](O[C@@H]5OC[C@H](O)[C@H](O)[C@H]5O)CC[C@@]45C[C@@]35CC[C@]12C)[C@@H]1CCC(C)(C)O1. The van der Waals surface area contributed by atoms with E-state index in [0.717, 1.165) is 57.8 Å². The third kappa shape index (κ3) is 5.64. The maximum Gasteiger partial charge on any atom is 0.186 e. The predicted molar refractivity (Wildman–Crippen MR) is 192 cm³/mol. The second-order valence-corrected chi connectivity index (χ2v) is 20.5. The van der Waals surface area contributed by atoms with Crippen molar-refractivity contribution in [2.24, 2.45) is 50.7 Å². The molecule has 3 heterocycles. The Hall–Kier alpha value is -0.520. The first-order valence-electron chi connectivity index (χ1n) is 20.9. The van der Waals surface area contributed by atoms with Crippen molar-refractivity contribution in [1.29, 1.82) is 0 Å². The first-order chi connectivity index (χ1) is 25.3. The quantitative estimate of drug-likeness (QED) is 0.166. The van der Waals surface area contributed by atoms with Crippen molar-refractivity contribution in [1.82, 2.24) is 0 Å². The number of fused-ring (bicyclic) bond motifs is 2. The monoisotopic (exact) mass is 768 g/mol. The fraction of sp³-hybridized carbons (Fsp3) is 1.00. The summed E-state index contributed by atoms with van der Waals surface area (Å²) in [7, 11) is 0. The molecular formula is C41H68O13. The van der Waals surface area contributed by atoms with Crippen molar-refractivity contribution in [3.8, 4) is 0 Å². The molecule has 310 valence electrons. The van der Waals surface area contributed by atoms with Gasteiger partial charge < -0.3 is 64.5 Å². The van der Waals surface area contributed by atoms with Crippen LogP contribution in [-0.2, 0) is 23.7 Å². The lowest BCUT2D eigenvalue weighted by molar-refractivity contribution is -0.328. The summed E-state index contributed by atoms with van der Waals surface area (Å²) in [5, 5.41) is 85.2. The molecule has 8 rings (SSSR count). The summed E-state index contributed by atoms with van der Waals surface area (Å²) in [6.07, 6.45) is -3.60. The van der Waals surface area contributed by atoms with E-state index in [9.17, 15) is 40.9 Å². The highest BCUT2D eigenvalue weighted by Gasteiger charge is 2.83. The Bertz CT molecular complexity index is 1400. The Morgan fingerprint density at radius 2 is 1.39 bits per heavy atom. The second-order valence-electron chi connectivity index (χ2n) is 20.5. The van der Waals surface area contributed by atoms with Crippen molar-refractivity contribution in [3.63, 3.8) is 0 Å². The summed E-state index contributed by atoms with van der Waals surface area (Å²) in [5.74, 6) is 0.952. The van der Waals surface area contributed by atoms with Gasteiger partial charge in [0.25, 0.3) is 0 Å². The van der Waals surface area contributed by atoms with Crippen LogP contribution in [0.15, 0.2) is 0 Å². The van der Waals surface area contributed by atoms with Crippen LogP contribution in [0.5, 0.6) is 0 Å². The zero-order chi connectivity index (χ0) is 39.0. The van der Waals surface area contributed by atoms with Gasteiger partial charge in [0.2, 0.25) is 0 Å². The molecule has 0 aromatic heterocycles. The fourth-order valence-corrected chi connectivity index (χ4v) is 14.8. The molecule has 5 saturated carbocycles.